The lowest BCUT2D eigenvalue weighted by molar-refractivity contribution is -0.138. The maximum Gasteiger partial charge on any atom is 0.325 e. The van der Waals surface area contributed by atoms with Crippen LogP contribution in [0.25, 0.3) is 0 Å². The molecule has 1 atom stereocenters. The van der Waals surface area contributed by atoms with Crippen molar-refractivity contribution in [3.63, 3.8) is 0 Å². The second-order valence-corrected chi connectivity index (χ2v) is 4.10. The van der Waals surface area contributed by atoms with E-state index in [4.69, 9.17) is 9.52 Å². The first-order valence-electron chi connectivity index (χ1n) is 4.66. The van der Waals surface area contributed by atoms with Crippen molar-refractivity contribution >= 4 is 23.6 Å². The summed E-state index contributed by atoms with van der Waals surface area (Å²) in [5, 5.41) is 10.9. The summed E-state index contributed by atoms with van der Waals surface area (Å²) in [6.45, 7) is 1.39. The van der Waals surface area contributed by atoms with Gasteiger partial charge in [-0.05, 0) is 25.3 Å². The zero-order valence-corrected chi connectivity index (χ0v) is 9.84. The molecule has 0 saturated carbocycles. The monoisotopic (exact) mass is 243 g/mol. The lowest BCUT2D eigenvalue weighted by Crippen LogP contribution is -2.38. The van der Waals surface area contributed by atoms with Crippen molar-refractivity contribution in [2.75, 3.05) is 6.26 Å². The average Bonchev–Trinajstić information content (AvgIpc) is 2.66. The molecule has 0 aliphatic carbocycles. The molecule has 0 radical (unpaired) electrons. The molecule has 1 rings (SSSR count). The van der Waals surface area contributed by atoms with E-state index < -0.39 is 17.9 Å². The van der Waals surface area contributed by atoms with Gasteiger partial charge in [0.25, 0.3) is 5.91 Å². The molecule has 1 amide bonds. The molecule has 0 aliphatic heterocycles. The molecule has 1 heterocycles. The number of carboxylic acids is 1. The van der Waals surface area contributed by atoms with E-state index in [1.165, 1.54) is 13.0 Å². The van der Waals surface area contributed by atoms with Crippen molar-refractivity contribution in [2.45, 2.75) is 18.7 Å². The number of carbonyl (C=O) groups is 2. The summed E-state index contributed by atoms with van der Waals surface area (Å²) in [7, 11) is 0. The van der Waals surface area contributed by atoms with Crippen LogP contribution in [0.15, 0.2) is 16.5 Å². The molecule has 0 aliphatic rings. The molecular formula is C10H13NO4S. The molecule has 16 heavy (non-hydrogen) atoms. The van der Waals surface area contributed by atoms with Crippen LogP contribution in [-0.4, -0.2) is 29.3 Å². The SMILES string of the molecule is CSCc1ccc(C(=O)N[C@H](C)C(=O)O)o1. The van der Waals surface area contributed by atoms with Crippen LogP contribution in [0.2, 0.25) is 0 Å². The van der Waals surface area contributed by atoms with Crippen LogP contribution in [0.1, 0.15) is 23.2 Å². The van der Waals surface area contributed by atoms with Gasteiger partial charge in [0.1, 0.15) is 11.8 Å². The molecule has 0 saturated heterocycles. The van der Waals surface area contributed by atoms with Crippen LogP contribution in [0.3, 0.4) is 0 Å². The standard InChI is InChI=1S/C10H13NO4S/c1-6(10(13)14)11-9(12)8-4-3-7(15-8)5-16-2/h3-4,6H,5H2,1-2H3,(H,11,12)(H,13,14)/t6-/m1/s1. The Morgan fingerprint density at radius 3 is 2.81 bits per heavy atom. The van der Waals surface area contributed by atoms with Gasteiger partial charge in [-0.25, -0.2) is 0 Å². The van der Waals surface area contributed by atoms with E-state index in [2.05, 4.69) is 5.32 Å². The quantitative estimate of drug-likeness (QED) is 0.816. The van der Waals surface area contributed by atoms with E-state index in [1.807, 2.05) is 6.26 Å². The van der Waals surface area contributed by atoms with Crippen LogP contribution in [0.4, 0.5) is 0 Å². The summed E-state index contributed by atoms with van der Waals surface area (Å²) < 4.78 is 5.24. The van der Waals surface area contributed by atoms with E-state index in [-0.39, 0.29) is 5.76 Å². The molecule has 2 N–H and O–H groups in total. The van der Waals surface area contributed by atoms with Gasteiger partial charge >= 0.3 is 5.97 Å². The van der Waals surface area contributed by atoms with Crippen LogP contribution in [-0.2, 0) is 10.5 Å². The summed E-state index contributed by atoms with van der Waals surface area (Å²) in [6.07, 6.45) is 1.93. The van der Waals surface area contributed by atoms with Gasteiger partial charge < -0.3 is 14.8 Å². The summed E-state index contributed by atoms with van der Waals surface area (Å²) in [5.74, 6) is -0.0776. The Morgan fingerprint density at radius 1 is 1.56 bits per heavy atom. The van der Waals surface area contributed by atoms with Crippen LogP contribution < -0.4 is 5.32 Å². The zero-order valence-electron chi connectivity index (χ0n) is 9.02. The fourth-order valence-corrected chi connectivity index (χ4v) is 1.49. The summed E-state index contributed by atoms with van der Waals surface area (Å²) in [4.78, 5) is 22.0. The van der Waals surface area contributed by atoms with Crippen LogP contribution >= 0.6 is 11.8 Å². The van der Waals surface area contributed by atoms with Crippen molar-refractivity contribution in [3.05, 3.63) is 23.7 Å². The molecule has 6 heteroatoms. The summed E-state index contributed by atoms with van der Waals surface area (Å²) in [5.41, 5.74) is 0. The maximum absolute atomic E-state index is 11.5. The Bertz CT molecular complexity index is 388. The lowest BCUT2D eigenvalue weighted by atomic mass is 10.3. The minimum atomic E-state index is -1.08. The van der Waals surface area contributed by atoms with Gasteiger partial charge in [-0.1, -0.05) is 0 Å². The van der Waals surface area contributed by atoms with Gasteiger partial charge in [0, 0.05) is 0 Å². The van der Waals surface area contributed by atoms with E-state index in [9.17, 15) is 9.59 Å². The lowest BCUT2D eigenvalue weighted by Gasteiger charge is -2.06. The minimum Gasteiger partial charge on any atom is -0.480 e. The molecule has 1 aromatic rings. The van der Waals surface area contributed by atoms with Crippen molar-refractivity contribution in [3.8, 4) is 0 Å². The molecule has 1 aromatic heterocycles. The number of carbonyl (C=O) groups excluding carboxylic acids is 1. The van der Waals surface area contributed by atoms with Crippen molar-refractivity contribution < 1.29 is 19.1 Å². The first kappa shape index (κ1) is 12.6. The zero-order chi connectivity index (χ0) is 12.1. The Labute approximate surface area is 97.2 Å². The first-order chi connectivity index (χ1) is 7.54. The first-order valence-corrected chi connectivity index (χ1v) is 6.05. The normalized spacial score (nSPS) is 12.1. The molecule has 0 unspecified atom stereocenters. The molecule has 5 nitrogen and oxygen atoms in total. The van der Waals surface area contributed by atoms with Gasteiger partial charge in [0.2, 0.25) is 0 Å². The number of carboxylic acid groups (broad SMARTS) is 1. The van der Waals surface area contributed by atoms with Gasteiger partial charge in [-0.2, -0.15) is 11.8 Å². The van der Waals surface area contributed by atoms with Crippen LogP contribution in [0, 0.1) is 0 Å². The third-order valence-corrected chi connectivity index (χ3v) is 2.46. The largest absolute Gasteiger partial charge is 0.480 e. The molecule has 0 spiro atoms. The number of amides is 1. The predicted molar refractivity (Wildman–Crippen MR) is 60.5 cm³/mol. The van der Waals surface area contributed by atoms with E-state index in [0.29, 0.717) is 11.5 Å². The highest BCUT2D eigenvalue weighted by Crippen LogP contribution is 2.13. The van der Waals surface area contributed by atoms with E-state index in [0.717, 1.165) is 0 Å². The molecule has 0 aromatic carbocycles. The second-order valence-electron chi connectivity index (χ2n) is 3.23. The third kappa shape index (κ3) is 3.30. The number of thioether (sulfide) groups is 1. The number of aliphatic carboxylic acids is 1. The number of rotatable bonds is 5. The van der Waals surface area contributed by atoms with Gasteiger partial charge in [0.05, 0.1) is 5.75 Å². The van der Waals surface area contributed by atoms with Crippen molar-refractivity contribution in [2.24, 2.45) is 0 Å². The predicted octanol–water partition coefficient (Wildman–Crippen LogP) is 1.35. The Hall–Kier alpha value is -1.43. The van der Waals surface area contributed by atoms with Gasteiger partial charge in [0.15, 0.2) is 5.76 Å². The second kappa shape index (κ2) is 5.60. The highest BCUT2D eigenvalue weighted by molar-refractivity contribution is 7.97. The average molecular weight is 243 g/mol. The summed E-state index contributed by atoms with van der Waals surface area (Å²) >= 11 is 1.58. The Kier molecular flexibility index (Phi) is 4.42. The van der Waals surface area contributed by atoms with Gasteiger partial charge in [-0.3, -0.25) is 9.59 Å². The van der Waals surface area contributed by atoms with E-state index >= 15 is 0 Å². The fourth-order valence-electron chi connectivity index (χ4n) is 1.05. The molecule has 88 valence electrons. The number of furan rings is 1. The summed E-state index contributed by atoms with van der Waals surface area (Å²) in [6, 6.07) is 2.31. The minimum absolute atomic E-state index is 0.136. The number of nitrogens with one attached hydrogen (secondary N) is 1. The van der Waals surface area contributed by atoms with Crippen molar-refractivity contribution in [1.82, 2.24) is 5.32 Å². The maximum atomic E-state index is 11.5. The Morgan fingerprint density at radius 2 is 2.25 bits per heavy atom. The van der Waals surface area contributed by atoms with Crippen molar-refractivity contribution in [1.29, 1.82) is 0 Å². The molecule has 0 fully saturated rings. The highest BCUT2D eigenvalue weighted by Gasteiger charge is 2.17. The third-order valence-electron chi connectivity index (χ3n) is 1.89. The fraction of sp³-hybridized carbons (Fsp3) is 0.400. The topological polar surface area (TPSA) is 79.5 Å². The molecule has 0 bridgehead atoms. The Balaban J connectivity index is 2.62. The van der Waals surface area contributed by atoms with E-state index in [1.54, 1.807) is 17.8 Å². The highest BCUT2D eigenvalue weighted by atomic mass is 32.2. The molecular weight excluding hydrogens is 230 g/mol. The smallest absolute Gasteiger partial charge is 0.325 e. The van der Waals surface area contributed by atoms with Gasteiger partial charge in [-0.15, -0.1) is 0 Å². The van der Waals surface area contributed by atoms with Crippen LogP contribution in [0.5, 0.6) is 0 Å². The number of hydrogen-bond acceptors (Lipinski definition) is 4. The number of hydrogen-bond donors (Lipinski definition) is 2.